The molecule has 1 aliphatic rings. The maximum absolute atomic E-state index is 11.2. The number of amides is 1. The SMILES string of the molecule is CC1(C)C(=O)N(CC=O)S1(=O)=O. The highest BCUT2D eigenvalue weighted by molar-refractivity contribution is 7.94. The molecule has 1 aliphatic heterocycles. The van der Waals surface area contributed by atoms with E-state index in [9.17, 15) is 18.0 Å². The number of nitrogens with zero attached hydrogens (tertiary/aromatic N) is 1. The van der Waals surface area contributed by atoms with Gasteiger partial charge in [-0.05, 0) is 13.8 Å². The lowest BCUT2D eigenvalue weighted by molar-refractivity contribution is -0.133. The zero-order valence-corrected chi connectivity index (χ0v) is 7.59. The molecule has 0 spiro atoms. The first-order valence-electron chi connectivity index (χ1n) is 3.36. The summed E-state index contributed by atoms with van der Waals surface area (Å²) >= 11 is 0. The maximum atomic E-state index is 11.2. The fraction of sp³-hybridized carbons (Fsp3) is 0.667. The van der Waals surface area contributed by atoms with E-state index in [2.05, 4.69) is 0 Å². The molecular formula is C6H9NO4S. The van der Waals surface area contributed by atoms with Crippen molar-refractivity contribution < 1.29 is 18.0 Å². The van der Waals surface area contributed by atoms with Gasteiger partial charge in [-0.15, -0.1) is 0 Å². The van der Waals surface area contributed by atoms with Crippen molar-refractivity contribution in [1.82, 2.24) is 4.31 Å². The average molecular weight is 191 g/mol. The molecular weight excluding hydrogens is 182 g/mol. The second-order valence-electron chi connectivity index (χ2n) is 3.02. The van der Waals surface area contributed by atoms with Crippen LogP contribution < -0.4 is 0 Å². The topological polar surface area (TPSA) is 71.5 Å². The first-order valence-corrected chi connectivity index (χ1v) is 4.80. The van der Waals surface area contributed by atoms with Gasteiger partial charge in [-0.25, -0.2) is 12.7 Å². The van der Waals surface area contributed by atoms with E-state index in [1.807, 2.05) is 0 Å². The lowest BCUT2D eigenvalue weighted by atomic mass is 10.2. The lowest BCUT2D eigenvalue weighted by Gasteiger charge is -2.41. The first-order chi connectivity index (χ1) is 5.35. The largest absolute Gasteiger partial charge is 0.301 e. The van der Waals surface area contributed by atoms with Crippen LogP contribution in [0.1, 0.15) is 13.8 Å². The number of carbonyl (C=O) groups excluding carboxylic acids is 2. The third kappa shape index (κ3) is 0.811. The van der Waals surface area contributed by atoms with Gasteiger partial charge in [0, 0.05) is 0 Å². The van der Waals surface area contributed by atoms with Crippen molar-refractivity contribution in [2.75, 3.05) is 6.54 Å². The van der Waals surface area contributed by atoms with Crippen LogP contribution in [0.3, 0.4) is 0 Å². The van der Waals surface area contributed by atoms with Gasteiger partial charge in [0.2, 0.25) is 0 Å². The van der Waals surface area contributed by atoms with Gasteiger partial charge < -0.3 is 4.79 Å². The van der Waals surface area contributed by atoms with Gasteiger partial charge in [0.25, 0.3) is 15.9 Å². The van der Waals surface area contributed by atoms with Gasteiger partial charge in [0.15, 0.2) is 4.75 Å². The molecule has 0 unspecified atom stereocenters. The van der Waals surface area contributed by atoms with E-state index in [4.69, 9.17) is 0 Å². The molecule has 1 heterocycles. The summed E-state index contributed by atoms with van der Waals surface area (Å²) in [6.07, 6.45) is 0.394. The summed E-state index contributed by atoms with van der Waals surface area (Å²) in [4.78, 5) is 21.1. The molecule has 1 fully saturated rings. The van der Waals surface area contributed by atoms with E-state index in [-0.39, 0.29) is 6.54 Å². The quantitative estimate of drug-likeness (QED) is 0.532. The van der Waals surface area contributed by atoms with E-state index in [1.165, 1.54) is 13.8 Å². The number of rotatable bonds is 2. The molecule has 0 bridgehead atoms. The molecule has 0 aromatic carbocycles. The second-order valence-corrected chi connectivity index (χ2v) is 5.43. The van der Waals surface area contributed by atoms with Gasteiger partial charge in [0.05, 0.1) is 6.54 Å². The minimum absolute atomic E-state index is 0.370. The van der Waals surface area contributed by atoms with E-state index in [0.717, 1.165) is 0 Å². The zero-order valence-electron chi connectivity index (χ0n) is 6.77. The van der Waals surface area contributed by atoms with Crippen molar-refractivity contribution >= 4 is 22.2 Å². The van der Waals surface area contributed by atoms with Crippen LogP contribution in [0.2, 0.25) is 0 Å². The predicted octanol–water partition coefficient (Wildman–Crippen LogP) is -0.864. The molecule has 5 nitrogen and oxygen atoms in total. The summed E-state index contributed by atoms with van der Waals surface area (Å²) < 4.78 is 21.7. The van der Waals surface area contributed by atoms with Crippen LogP contribution in [0, 0.1) is 0 Å². The molecule has 0 aromatic rings. The Morgan fingerprint density at radius 2 is 2.00 bits per heavy atom. The van der Waals surface area contributed by atoms with Crippen LogP contribution in [0.25, 0.3) is 0 Å². The minimum Gasteiger partial charge on any atom is -0.301 e. The van der Waals surface area contributed by atoms with Crippen LogP contribution in [-0.4, -0.2) is 36.2 Å². The Morgan fingerprint density at radius 3 is 2.33 bits per heavy atom. The van der Waals surface area contributed by atoms with Gasteiger partial charge in [-0.3, -0.25) is 4.79 Å². The minimum atomic E-state index is -3.56. The summed E-state index contributed by atoms with van der Waals surface area (Å²) in [5.41, 5.74) is 0. The number of sulfonamides is 1. The summed E-state index contributed by atoms with van der Waals surface area (Å²) in [6, 6.07) is 0. The summed E-state index contributed by atoms with van der Waals surface area (Å²) in [7, 11) is -3.56. The van der Waals surface area contributed by atoms with Crippen molar-refractivity contribution in [2.24, 2.45) is 0 Å². The molecule has 0 atom stereocenters. The molecule has 1 saturated heterocycles. The molecule has 1 rings (SSSR count). The highest BCUT2D eigenvalue weighted by Gasteiger charge is 2.59. The summed E-state index contributed by atoms with van der Waals surface area (Å²) in [5, 5.41) is 0. The van der Waals surface area contributed by atoms with Gasteiger partial charge in [-0.1, -0.05) is 0 Å². The Morgan fingerprint density at radius 1 is 1.50 bits per heavy atom. The normalized spacial score (nSPS) is 24.8. The highest BCUT2D eigenvalue weighted by atomic mass is 32.2. The summed E-state index contributed by atoms with van der Waals surface area (Å²) in [5.74, 6) is -0.519. The Balaban J connectivity index is 3.01. The molecule has 68 valence electrons. The van der Waals surface area contributed by atoms with Crippen LogP contribution in [0.15, 0.2) is 0 Å². The van der Waals surface area contributed by atoms with E-state index < -0.39 is 20.7 Å². The van der Waals surface area contributed by atoms with Crippen molar-refractivity contribution in [2.45, 2.75) is 18.6 Å². The molecule has 0 saturated carbocycles. The molecule has 0 aliphatic carbocycles. The fourth-order valence-corrected chi connectivity index (χ4v) is 2.46. The Bertz CT molecular complexity index is 329. The van der Waals surface area contributed by atoms with E-state index in [0.29, 0.717) is 10.6 Å². The smallest absolute Gasteiger partial charge is 0.259 e. The second kappa shape index (κ2) is 2.29. The highest BCUT2D eigenvalue weighted by Crippen LogP contribution is 2.33. The fourth-order valence-electron chi connectivity index (χ4n) is 1.00. The number of carbonyl (C=O) groups is 2. The molecule has 0 radical (unpaired) electrons. The third-order valence-electron chi connectivity index (χ3n) is 1.92. The van der Waals surface area contributed by atoms with Crippen LogP contribution >= 0.6 is 0 Å². The summed E-state index contributed by atoms with van der Waals surface area (Å²) in [6.45, 7) is 2.28. The van der Waals surface area contributed by atoms with Gasteiger partial charge in [0.1, 0.15) is 6.29 Å². The standard InChI is InChI=1S/C6H9NO4S/c1-6(2)5(9)7(3-4-8)12(6,10)11/h4H,3H2,1-2H3. The molecule has 0 aromatic heterocycles. The van der Waals surface area contributed by atoms with Crippen molar-refractivity contribution in [3.05, 3.63) is 0 Å². The molecule has 12 heavy (non-hydrogen) atoms. The lowest BCUT2D eigenvalue weighted by Crippen LogP contribution is -2.67. The van der Waals surface area contributed by atoms with Crippen molar-refractivity contribution in [3.8, 4) is 0 Å². The molecule has 1 amide bonds. The Hall–Kier alpha value is -0.910. The molecule has 6 heteroatoms. The predicted molar refractivity (Wildman–Crippen MR) is 40.8 cm³/mol. The first kappa shape index (κ1) is 9.18. The van der Waals surface area contributed by atoms with Gasteiger partial charge in [-0.2, -0.15) is 0 Å². The Kier molecular flexibility index (Phi) is 1.75. The average Bonchev–Trinajstić information content (AvgIpc) is 1.98. The Labute approximate surface area is 70.4 Å². The number of hydrogen-bond acceptors (Lipinski definition) is 4. The van der Waals surface area contributed by atoms with Crippen LogP contribution in [0.4, 0.5) is 0 Å². The van der Waals surface area contributed by atoms with Crippen LogP contribution in [-0.2, 0) is 19.6 Å². The van der Waals surface area contributed by atoms with E-state index in [1.54, 1.807) is 0 Å². The van der Waals surface area contributed by atoms with E-state index >= 15 is 0 Å². The number of hydrogen-bond donors (Lipinski definition) is 0. The van der Waals surface area contributed by atoms with Crippen molar-refractivity contribution in [1.29, 1.82) is 0 Å². The van der Waals surface area contributed by atoms with Crippen LogP contribution in [0.5, 0.6) is 0 Å². The van der Waals surface area contributed by atoms with Gasteiger partial charge >= 0.3 is 0 Å². The third-order valence-corrected chi connectivity index (χ3v) is 4.28. The maximum Gasteiger partial charge on any atom is 0.259 e. The molecule has 0 N–H and O–H groups in total. The number of aldehydes is 1. The van der Waals surface area contributed by atoms with Crippen molar-refractivity contribution in [3.63, 3.8) is 0 Å². The monoisotopic (exact) mass is 191 g/mol. The zero-order chi connectivity index (χ0) is 9.57.